The first kappa shape index (κ1) is 17.3. The van der Waals surface area contributed by atoms with Crippen molar-refractivity contribution < 1.29 is 22.7 Å². The first-order valence-corrected chi connectivity index (χ1v) is 7.88. The van der Waals surface area contributed by atoms with Gasteiger partial charge in [-0.2, -0.15) is 13.2 Å². The lowest BCUT2D eigenvalue weighted by molar-refractivity contribution is -0.137. The van der Waals surface area contributed by atoms with Crippen LogP contribution in [0.3, 0.4) is 0 Å². The van der Waals surface area contributed by atoms with E-state index in [0.717, 1.165) is 23.3 Å². The number of nitrogens with one attached hydrogen (secondary N) is 1. The van der Waals surface area contributed by atoms with Gasteiger partial charge in [0.05, 0.1) is 11.6 Å². The summed E-state index contributed by atoms with van der Waals surface area (Å²) in [6.45, 7) is 4.33. The Bertz CT molecular complexity index is 765. The van der Waals surface area contributed by atoms with Crippen molar-refractivity contribution in [1.29, 1.82) is 0 Å². The van der Waals surface area contributed by atoms with E-state index in [9.17, 15) is 18.0 Å². The molecule has 0 spiro atoms. The van der Waals surface area contributed by atoms with Crippen molar-refractivity contribution in [3.05, 3.63) is 59.7 Å². The third-order valence-corrected chi connectivity index (χ3v) is 4.41. The monoisotopic (exact) mass is 349 g/mol. The second-order valence-corrected chi connectivity index (χ2v) is 6.84. The van der Waals surface area contributed by atoms with Crippen molar-refractivity contribution in [3.63, 3.8) is 0 Å². The molecule has 1 N–H and O–H groups in total. The number of alkyl halides is 3. The van der Waals surface area contributed by atoms with E-state index in [0.29, 0.717) is 12.2 Å². The van der Waals surface area contributed by atoms with Crippen LogP contribution < -0.4 is 5.32 Å². The van der Waals surface area contributed by atoms with Gasteiger partial charge in [-0.05, 0) is 28.8 Å². The van der Waals surface area contributed by atoms with Crippen molar-refractivity contribution in [2.24, 2.45) is 5.41 Å². The molecule has 25 heavy (non-hydrogen) atoms. The molecule has 0 bridgehead atoms. The summed E-state index contributed by atoms with van der Waals surface area (Å²) >= 11 is 0. The van der Waals surface area contributed by atoms with Gasteiger partial charge >= 0.3 is 12.3 Å². The fraction of sp³-hybridized carbons (Fsp3) is 0.316. The molecule has 2 aromatic rings. The van der Waals surface area contributed by atoms with Crippen molar-refractivity contribution in [1.82, 2.24) is 5.32 Å². The quantitative estimate of drug-likeness (QED) is 0.811. The highest BCUT2D eigenvalue weighted by Gasteiger charge is 2.37. The minimum absolute atomic E-state index is 0.185. The smallest absolute Gasteiger partial charge is 0.416 e. The van der Waals surface area contributed by atoms with Gasteiger partial charge in [-0.1, -0.05) is 50.2 Å². The average Bonchev–Trinajstić information content (AvgIpc) is 2.57. The largest absolute Gasteiger partial charge is 0.449 e. The van der Waals surface area contributed by atoms with Crippen LogP contribution in [0.4, 0.5) is 18.0 Å². The minimum Gasteiger partial charge on any atom is -0.449 e. The molecule has 1 atom stereocenters. The Morgan fingerprint density at radius 1 is 1.00 bits per heavy atom. The zero-order chi connectivity index (χ0) is 18.2. The van der Waals surface area contributed by atoms with E-state index in [1.165, 1.54) is 12.1 Å². The number of amides is 1. The molecule has 1 aliphatic rings. The van der Waals surface area contributed by atoms with Gasteiger partial charge in [0.1, 0.15) is 6.61 Å². The Kier molecular flexibility index (Phi) is 4.22. The van der Waals surface area contributed by atoms with Gasteiger partial charge in [0.15, 0.2) is 0 Å². The van der Waals surface area contributed by atoms with Gasteiger partial charge < -0.3 is 10.1 Å². The molecular weight excluding hydrogens is 331 g/mol. The normalized spacial score (nSPS) is 19.9. The van der Waals surface area contributed by atoms with Crippen LogP contribution in [0.25, 0.3) is 11.1 Å². The van der Waals surface area contributed by atoms with E-state index < -0.39 is 17.8 Å². The molecule has 1 aliphatic heterocycles. The van der Waals surface area contributed by atoms with Crippen LogP contribution in [-0.4, -0.2) is 12.7 Å². The second kappa shape index (κ2) is 6.10. The summed E-state index contributed by atoms with van der Waals surface area (Å²) in [5.41, 5.74) is 1.52. The van der Waals surface area contributed by atoms with Gasteiger partial charge in [-0.3, -0.25) is 0 Å². The highest BCUT2D eigenvalue weighted by atomic mass is 19.4. The summed E-state index contributed by atoms with van der Waals surface area (Å²) in [6.07, 6.45) is -4.79. The maximum Gasteiger partial charge on any atom is 0.416 e. The van der Waals surface area contributed by atoms with Gasteiger partial charge in [-0.15, -0.1) is 0 Å². The number of rotatable bonds is 2. The summed E-state index contributed by atoms with van der Waals surface area (Å²) in [7, 11) is 0. The van der Waals surface area contributed by atoms with Crippen LogP contribution in [0.15, 0.2) is 48.5 Å². The number of carbonyl (C=O) groups excluding carboxylic acids is 1. The molecule has 0 aliphatic carbocycles. The summed E-state index contributed by atoms with van der Waals surface area (Å²) in [6, 6.07) is 12.3. The molecule has 0 aromatic heterocycles. The number of halogens is 3. The highest BCUT2D eigenvalue weighted by molar-refractivity contribution is 5.69. The van der Waals surface area contributed by atoms with E-state index in [-0.39, 0.29) is 11.5 Å². The Balaban J connectivity index is 1.84. The van der Waals surface area contributed by atoms with Crippen LogP contribution in [-0.2, 0) is 10.9 Å². The van der Waals surface area contributed by atoms with Crippen LogP contribution in [0, 0.1) is 5.41 Å². The topological polar surface area (TPSA) is 38.3 Å². The van der Waals surface area contributed by atoms with E-state index in [4.69, 9.17) is 4.74 Å². The second-order valence-electron chi connectivity index (χ2n) is 6.84. The van der Waals surface area contributed by atoms with Crippen molar-refractivity contribution in [2.45, 2.75) is 26.1 Å². The van der Waals surface area contributed by atoms with E-state index >= 15 is 0 Å². The summed E-state index contributed by atoms with van der Waals surface area (Å²) in [5, 5.41) is 2.82. The zero-order valence-electron chi connectivity index (χ0n) is 13.9. The number of cyclic esters (lactones) is 1. The lowest BCUT2D eigenvalue weighted by Gasteiger charge is -2.38. The van der Waals surface area contributed by atoms with Crippen molar-refractivity contribution in [2.75, 3.05) is 6.61 Å². The maximum absolute atomic E-state index is 12.6. The molecule has 1 fully saturated rings. The first-order valence-electron chi connectivity index (χ1n) is 7.88. The summed E-state index contributed by atoms with van der Waals surface area (Å²) in [5.74, 6) is 0. The Labute approximate surface area is 143 Å². The molecule has 0 unspecified atom stereocenters. The molecular formula is C19H18F3NO2. The Morgan fingerprint density at radius 3 is 2.04 bits per heavy atom. The number of hydrogen-bond acceptors (Lipinski definition) is 2. The van der Waals surface area contributed by atoms with E-state index in [1.807, 2.05) is 38.1 Å². The van der Waals surface area contributed by atoms with Crippen molar-refractivity contribution in [3.8, 4) is 11.1 Å². The number of alkyl carbamates (subject to hydrolysis) is 1. The number of ether oxygens (including phenoxy) is 1. The molecule has 132 valence electrons. The standard InChI is InChI=1S/C19H18F3NO2/c1-18(2)11-25-17(24)23-16(18)14-5-3-12(4-6-14)13-7-9-15(10-8-13)19(20,21)22/h3-10,16H,11H2,1-2H3,(H,23,24)/t16-/m0/s1. The molecule has 1 saturated heterocycles. The van der Waals surface area contributed by atoms with E-state index in [2.05, 4.69) is 5.32 Å². The van der Waals surface area contributed by atoms with Crippen molar-refractivity contribution >= 4 is 6.09 Å². The highest BCUT2D eigenvalue weighted by Crippen LogP contribution is 2.37. The van der Waals surface area contributed by atoms with Crippen LogP contribution in [0.1, 0.15) is 31.0 Å². The molecule has 6 heteroatoms. The first-order chi connectivity index (χ1) is 11.7. The van der Waals surface area contributed by atoms with Gasteiger partial charge in [0, 0.05) is 5.41 Å². The summed E-state index contributed by atoms with van der Waals surface area (Å²) in [4.78, 5) is 11.5. The van der Waals surface area contributed by atoms with Gasteiger partial charge in [0.2, 0.25) is 0 Å². The third-order valence-electron chi connectivity index (χ3n) is 4.41. The minimum atomic E-state index is -4.34. The number of hydrogen-bond donors (Lipinski definition) is 1. The van der Waals surface area contributed by atoms with E-state index in [1.54, 1.807) is 0 Å². The third kappa shape index (κ3) is 3.62. The summed E-state index contributed by atoms with van der Waals surface area (Å²) < 4.78 is 43.0. The molecule has 0 radical (unpaired) electrons. The Morgan fingerprint density at radius 2 is 1.52 bits per heavy atom. The molecule has 1 amide bonds. The Hall–Kier alpha value is -2.50. The maximum atomic E-state index is 12.6. The molecule has 2 aromatic carbocycles. The van der Waals surface area contributed by atoms with Gasteiger partial charge in [-0.25, -0.2) is 4.79 Å². The molecule has 3 rings (SSSR count). The average molecular weight is 349 g/mol. The van der Waals surface area contributed by atoms with Crippen LogP contribution in [0.2, 0.25) is 0 Å². The van der Waals surface area contributed by atoms with Crippen LogP contribution in [0.5, 0.6) is 0 Å². The fourth-order valence-corrected chi connectivity index (χ4v) is 2.94. The molecule has 3 nitrogen and oxygen atoms in total. The van der Waals surface area contributed by atoms with Crippen LogP contribution >= 0.6 is 0 Å². The predicted molar refractivity (Wildman–Crippen MR) is 87.9 cm³/mol. The molecule has 0 saturated carbocycles. The zero-order valence-corrected chi connectivity index (χ0v) is 13.9. The number of benzene rings is 2. The fourth-order valence-electron chi connectivity index (χ4n) is 2.94. The lowest BCUT2D eigenvalue weighted by Crippen LogP contribution is -2.46. The number of carbonyl (C=O) groups is 1. The SMILES string of the molecule is CC1(C)COC(=O)N[C@H]1c1ccc(-c2ccc(C(F)(F)F)cc2)cc1. The molecule has 1 heterocycles. The van der Waals surface area contributed by atoms with Gasteiger partial charge in [0.25, 0.3) is 0 Å². The predicted octanol–water partition coefficient (Wildman–Crippen LogP) is 5.18. The lowest BCUT2D eigenvalue weighted by atomic mass is 9.80.